The van der Waals surface area contributed by atoms with Crippen LogP contribution in [0.5, 0.6) is 0 Å². The van der Waals surface area contributed by atoms with Crippen LogP contribution in [0, 0.1) is 11.6 Å². The van der Waals surface area contributed by atoms with Crippen molar-refractivity contribution in [2.45, 2.75) is 0 Å². The van der Waals surface area contributed by atoms with Gasteiger partial charge in [0.05, 0.1) is 17.4 Å². The lowest BCUT2D eigenvalue weighted by molar-refractivity contribution is 0.0747. The minimum Gasteiger partial charge on any atom is -0.436 e. The molecule has 0 atom stereocenters. The van der Waals surface area contributed by atoms with Crippen molar-refractivity contribution >= 4 is 11.6 Å². The molecule has 33 heavy (non-hydrogen) atoms. The molecule has 0 spiro atoms. The average Bonchev–Trinajstić information content (AvgIpc) is 3.35. The van der Waals surface area contributed by atoms with Crippen LogP contribution in [0.25, 0.3) is 22.8 Å². The van der Waals surface area contributed by atoms with E-state index in [1.165, 1.54) is 18.2 Å². The number of carbonyl (C=O) groups is 1. The highest BCUT2D eigenvalue weighted by atomic mass is 19.1. The lowest BCUT2D eigenvalue weighted by atomic mass is 10.1. The zero-order valence-electron chi connectivity index (χ0n) is 17.7. The van der Waals surface area contributed by atoms with E-state index in [-0.39, 0.29) is 17.5 Å². The van der Waals surface area contributed by atoms with Gasteiger partial charge in [0.2, 0.25) is 5.89 Å². The van der Waals surface area contributed by atoms with E-state index in [9.17, 15) is 13.6 Å². The first kappa shape index (κ1) is 20.9. The van der Waals surface area contributed by atoms with Crippen LogP contribution < -0.4 is 4.90 Å². The number of aromatic nitrogens is 1. The Kier molecular flexibility index (Phi) is 5.60. The minimum atomic E-state index is -0.329. The Morgan fingerprint density at radius 3 is 2.30 bits per heavy atom. The van der Waals surface area contributed by atoms with Gasteiger partial charge in [0.15, 0.2) is 5.76 Å². The first-order valence-corrected chi connectivity index (χ1v) is 10.7. The molecule has 1 aromatic heterocycles. The molecule has 7 heteroatoms. The molecule has 1 amide bonds. The van der Waals surface area contributed by atoms with Crippen molar-refractivity contribution in [1.82, 2.24) is 9.88 Å². The van der Waals surface area contributed by atoms with Crippen molar-refractivity contribution in [3.8, 4) is 22.8 Å². The second-order valence-corrected chi connectivity index (χ2v) is 7.81. The van der Waals surface area contributed by atoms with Crippen LogP contribution in [0.4, 0.5) is 14.5 Å². The van der Waals surface area contributed by atoms with Gasteiger partial charge in [-0.15, -0.1) is 0 Å². The van der Waals surface area contributed by atoms with Gasteiger partial charge in [-0.05, 0) is 48.5 Å². The zero-order valence-corrected chi connectivity index (χ0v) is 17.7. The third-order valence-electron chi connectivity index (χ3n) is 5.78. The van der Waals surface area contributed by atoms with E-state index in [2.05, 4.69) is 4.98 Å². The van der Waals surface area contributed by atoms with Crippen molar-refractivity contribution in [3.05, 3.63) is 96.2 Å². The smallest absolute Gasteiger partial charge is 0.254 e. The number of nitrogens with zero attached hydrogens (tertiary/aromatic N) is 3. The lowest BCUT2D eigenvalue weighted by Crippen LogP contribution is -2.49. The maximum Gasteiger partial charge on any atom is 0.254 e. The summed E-state index contributed by atoms with van der Waals surface area (Å²) in [7, 11) is 0. The van der Waals surface area contributed by atoms with Crippen LogP contribution in [0.1, 0.15) is 10.4 Å². The number of hydrogen-bond donors (Lipinski definition) is 0. The zero-order chi connectivity index (χ0) is 22.8. The third-order valence-corrected chi connectivity index (χ3v) is 5.78. The molecule has 1 saturated heterocycles. The van der Waals surface area contributed by atoms with Gasteiger partial charge >= 0.3 is 0 Å². The van der Waals surface area contributed by atoms with Gasteiger partial charge in [-0.3, -0.25) is 4.79 Å². The maximum absolute atomic E-state index is 14.1. The molecule has 0 N–H and O–H groups in total. The Labute approximate surface area is 189 Å². The second kappa shape index (κ2) is 8.86. The molecule has 5 nitrogen and oxygen atoms in total. The van der Waals surface area contributed by atoms with Crippen LogP contribution in [0.15, 0.2) is 83.4 Å². The number of anilines is 1. The number of hydrogen-bond acceptors (Lipinski definition) is 4. The van der Waals surface area contributed by atoms with E-state index < -0.39 is 0 Å². The Hall–Kier alpha value is -4.00. The van der Waals surface area contributed by atoms with Gasteiger partial charge in [-0.2, -0.15) is 0 Å². The predicted molar refractivity (Wildman–Crippen MR) is 122 cm³/mol. The molecule has 1 fully saturated rings. The molecule has 5 rings (SSSR count). The molecular weight excluding hydrogens is 424 g/mol. The number of rotatable bonds is 4. The van der Waals surface area contributed by atoms with Crippen LogP contribution in [0.3, 0.4) is 0 Å². The summed E-state index contributed by atoms with van der Waals surface area (Å²) in [5, 5.41) is 0. The predicted octanol–water partition coefficient (Wildman–Crippen LogP) is 5.25. The summed E-state index contributed by atoms with van der Waals surface area (Å²) in [4.78, 5) is 21.4. The highest BCUT2D eigenvalue weighted by Crippen LogP contribution is 2.29. The minimum absolute atomic E-state index is 0.125. The van der Waals surface area contributed by atoms with E-state index in [0.717, 1.165) is 0 Å². The molecule has 1 aliphatic rings. The Morgan fingerprint density at radius 1 is 0.848 bits per heavy atom. The largest absolute Gasteiger partial charge is 0.436 e. The number of halogens is 2. The van der Waals surface area contributed by atoms with Crippen LogP contribution in [-0.4, -0.2) is 42.0 Å². The summed E-state index contributed by atoms with van der Waals surface area (Å²) in [5.74, 6) is 0.0994. The molecule has 166 valence electrons. The summed E-state index contributed by atoms with van der Waals surface area (Å²) in [6.07, 6.45) is 1.57. The van der Waals surface area contributed by atoms with Crippen molar-refractivity contribution in [2.24, 2.45) is 0 Å². The van der Waals surface area contributed by atoms with Crippen LogP contribution in [-0.2, 0) is 0 Å². The molecule has 0 aliphatic carbocycles. The molecule has 1 aliphatic heterocycles. The topological polar surface area (TPSA) is 49.6 Å². The standard InChI is InChI=1S/C26H21F2N3O2/c27-19-11-9-18(10-12-19)24-17-29-25(33-24)20-5-1-2-6-21(20)26(32)31-15-13-30(14-16-31)23-8-4-3-7-22(23)28/h1-12,17H,13-16H2. The van der Waals surface area contributed by atoms with E-state index in [4.69, 9.17) is 4.42 Å². The van der Waals surface area contributed by atoms with E-state index in [1.807, 2.05) is 17.0 Å². The molecule has 0 saturated carbocycles. The number of carbonyl (C=O) groups excluding carboxylic acids is 1. The van der Waals surface area contributed by atoms with Crippen LogP contribution >= 0.6 is 0 Å². The Bertz CT molecular complexity index is 1280. The number of piperazine rings is 1. The monoisotopic (exact) mass is 445 g/mol. The summed E-state index contributed by atoms with van der Waals surface area (Å²) in [6, 6.07) is 19.8. The van der Waals surface area contributed by atoms with E-state index in [0.29, 0.717) is 60.2 Å². The molecule has 4 aromatic rings. The van der Waals surface area contributed by atoms with Crippen molar-refractivity contribution < 1.29 is 18.0 Å². The van der Waals surface area contributed by atoms with Crippen LogP contribution in [0.2, 0.25) is 0 Å². The number of para-hydroxylation sites is 1. The SMILES string of the molecule is O=C(c1ccccc1-c1ncc(-c2ccc(F)cc2)o1)N1CCN(c2ccccc2F)CC1. The number of amides is 1. The Morgan fingerprint density at radius 2 is 1.55 bits per heavy atom. The molecule has 3 aromatic carbocycles. The third kappa shape index (κ3) is 4.22. The molecule has 0 radical (unpaired) electrons. The van der Waals surface area contributed by atoms with Crippen molar-refractivity contribution in [2.75, 3.05) is 31.1 Å². The first-order valence-electron chi connectivity index (χ1n) is 10.7. The van der Waals surface area contributed by atoms with E-state index >= 15 is 0 Å². The summed E-state index contributed by atoms with van der Waals surface area (Å²) < 4.78 is 33.3. The van der Waals surface area contributed by atoms with Gasteiger partial charge < -0.3 is 14.2 Å². The van der Waals surface area contributed by atoms with Gasteiger partial charge in [-0.25, -0.2) is 13.8 Å². The lowest BCUT2D eigenvalue weighted by Gasteiger charge is -2.36. The fourth-order valence-corrected chi connectivity index (χ4v) is 4.03. The highest BCUT2D eigenvalue weighted by molar-refractivity contribution is 6.00. The molecule has 0 unspecified atom stereocenters. The molecule has 0 bridgehead atoms. The average molecular weight is 445 g/mol. The maximum atomic E-state index is 14.1. The van der Waals surface area contributed by atoms with Crippen molar-refractivity contribution in [1.29, 1.82) is 0 Å². The van der Waals surface area contributed by atoms with Gasteiger partial charge in [-0.1, -0.05) is 24.3 Å². The summed E-state index contributed by atoms with van der Waals surface area (Å²) in [5.41, 5.74) is 2.33. The molecular formula is C26H21F2N3O2. The fraction of sp³-hybridized carbons (Fsp3) is 0.154. The van der Waals surface area contributed by atoms with E-state index in [1.54, 1.807) is 53.6 Å². The normalized spacial score (nSPS) is 13.9. The molecule has 2 heterocycles. The summed E-state index contributed by atoms with van der Waals surface area (Å²) in [6.45, 7) is 2.05. The van der Waals surface area contributed by atoms with Gasteiger partial charge in [0.1, 0.15) is 11.6 Å². The summed E-state index contributed by atoms with van der Waals surface area (Å²) >= 11 is 0. The quantitative estimate of drug-likeness (QED) is 0.431. The number of benzene rings is 3. The highest BCUT2D eigenvalue weighted by Gasteiger charge is 2.26. The van der Waals surface area contributed by atoms with Gasteiger partial charge in [0.25, 0.3) is 5.91 Å². The Balaban J connectivity index is 1.35. The fourth-order valence-electron chi connectivity index (χ4n) is 4.03. The second-order valence-electron chi connectivity index (χ2n) is 7.81. The number of oxazole rings is 1. The van der Waals surface area contributed by atoms with Gasteiger partial charge in [0, 0.05) is 37.3 Å². The van der Waals surface area contributed by atoms with Crippen molar-refractivity contribution in [3.63, 3.8) is 0 Å². The first-order chi connectivity index (χ1) is 16.1.